The van der Waals surface area contributed by atoms with Crippen LogP contribution in [0.1, 0.15) is 43.5 Å². The zero-order valence-electron chi connectivity index (χ0n) is 11.2. The second kappa shape index (κ2) is 4.90. The van der Waals surface area contributed by atoms with Crippen LogP contribution in [-0.2, 0) is 18.4 Å². The molecular formula is C14H20N4. The Labute approximate surface area is 108 Å². The van der Waals surface area contributed by atoms with Crippen LogP contribution in [0, 0.1) is 0 Å². The molecule has 0 saturated carbocycles. The predicted octanol–water partition coefficient (Wildman–Crippen LogP) is 2.15. The first-order valence-electron chi connectivity index (χ1n) is 6.18. The van der Waals surface area contributed by atoms with Crippen LogP contribution in [0.4, 0.5) is 0 Å². The smallest absolute Gasteiger partial charge is 0.164 e. The zero-order valence-corrected chi connectivity index (χ0v) is 11.2. The largest absolute Gasteiger partial charge is 0.324 e. The Morgan fingerprint density at radius 1 is 1.17 bits per heavy atom. The van der Waals surface area contributed by atoms with Gasteiger partial charge in [0.2, 0.25) is 0 Å². The molecular weight excluding hydrogens is 224 g/mol. The van der Waals surface area contributed by atoms with Crippen molar-refractivity contribution in [2.75, 3.05) is 0 Å². The van der Waals surface area contributed by atoms with Crippen molar-refractivity contribution in [2.24, 2.45) is 5.73 Å². The minimum absolute atomic E-state index is 0.192. The number of hydrogen-bond acceptors (Lipinski definition) is 3. The van der Waals surface area contributed by atoms with E-state index in [1.807, 2.05) is 0 Å². The van der Waals surface area contributed by atoms with E-state index in [9.17, 15) is 0 Å². The molecule has 0 bridgehead atoms. The molecule has 0 fully saturated rings. The third-order valence-electron chi connectivity index (χ3n) is 2.95. The van der Waals surface area contributed by atoms with Crippen LogP contribution in [0.3, 0.4) is 0 Å². The van der Waals surface area contributed by atoms with Gasteiger partial charge in [-0.1, -0.05) is 45.0 Å². The summed E-state index contributed by atoms with van der Waals surface area (Å²) in [7, 11) is 0. The van der Waals surface area contributed by atoms with Crippen molar-refractivity contribution in [1.82, 2.24) is 15.2 Å². The summed E-state index contributed by atoms with van der Waals surface area (Å²) in [4.78, 5) is 4.30. The van der Waals surface area contributed by atoms with E-state index in [4.69, 9.17) is 5.73 Å². The molecule has 4 heteroatoms. The van der Waals surface area contributed by atoms with Gasteiger partial charge < -0.3 is 5.73 Å². The first kappa shape index (κ1) is 12.8. The van der Waals surface area contributed by atoms with E-state index >= 15 is 0 Å². The van der Waals surface area contributed by atoms with Crippen molar-refractivity contribution in [1.29, 1.82) is 0 Å². The highest BCUT2D eigenvalue weighted by molar-refractivity contribution is 5.28. The highest BCUT2D eigenvalue weighted by atomic mass is 15.2. The molecule has 0 aliphatic carbocycles. The van der Waals surface area contributed by atoms with Gasteiger partial charge in [0.05, 0.1) is 6.54 Å². The van der Waals surface area contributed by atoms with E-state index < -0.39 is 0 Å². The first-order valence-corrected chi connectivity index (χ1v) is 6.18. The van der Waals surface area contributed by atoms with E-state index in [0.29, 0.717) is 12.4 Å². The number of aromatic amines is 1. The Balaban J connectivity index is 2.11. The van der Waals surface area contributed by atoms with Gasteiger partial charge in [-0.25, -0.2) is 4.98 Å². The molecule has 0 aliphatic rings. The van der Waals surface area contributed by atoms with Crippen LogP contribution in [-0.4, -0.2) is 15.2 Å². The van der Waals surface area contributed by atoms with Gasteiger partial charge in [0.1, 0.15) is 5.82 Å². The number of H-pyrrole nitrogens is 1. The van der Waals surface area contributed by atoms with Gasteiger partial charge in [-0.15, -0.1) is 0 Å². The number of benzene rings is 1. The number of nitrogens with zero attached hydrogens (tertiary/aromatic N) is 2. The number of nitrogens with two attached hydrogens (primary N) is 1. The summed E-state index contributed by atoms with van der Waals surface area (Å²) in [5.74, 6) is 1.52. The highest BCUT2D eigenvalue weighted by Gasteiger charge is 2.13. The van der Waals surface area contributed by atoms with Crippen molar-refractivity contribution in [3.8, 4) is 0 Å². The second-order valence-electron chi connectivity index (χ2n) is 5.53. The van der Waals surface area contributed by atoms with Crippen LogP contribution in [0.25, 0.3) is 0 Å². The molecule has 96 valence electrons. The maximum Gasteiger partial charge on any atom is 0.164 e. The maximum atomic E-state index is 5.48. The fourth-order valence-corrected chi connectivity index (χ4v) is 1.82. The molecule has 0 unspecified atom stereocenters. The molecule has 0 saturated heterocycles. The fraction of sp³-hybridized carbons (Fsp3) is 0.429. The lowest BCUT2D eigenvalue weighted by atomic mass is 9.86. The van der Waals surface area contributed by atoms with E-state index in [0.717, 1.165) is 12.2 Å². The van der Waals surface area contributed by atoms with Crippen molar-refractivity contribution in [3.63, 3.8) is 0 Å². The van der Waals surface area contributed by atoms with Crippen molar-refractivity contribution >= 4 is 0 Å². The fourth-order valence-electron chi connectivity index (χ4n) is 1.82. The van der Waals surface area contributed by atoms with Gasteiger partial charge >= 0.3 is 0 Å². The minimum atomic E-state index is 0.192. The summed E-state index contributed by atoms with van der Waals surface area (Å²) in [5.41, 5.74) is 8.24. The van der Waals surface area contributed by atoms with Gasteiger partial charge in [0, 0.05) is 6.42 Å². The Hall–Kier alpha value is -1.68. The van der Waals surface area contributed by atoms with Gasteiger partial charge in [-0.05, 0) is 16.5 Å². The van der Waals surface area contributed by atoms with Crippen LogP contribution in [0.15, 0.2) is 24.3 Å². The summed E-state index contributed by atoms with van der Waals surface area (Å²) >= 11 is 0. The lowest BCUT2D eigenvalue weighted by molar-refractivity contribution is 0.590. The monoisotopic (exact) mass is 244 g/mol. The molecule has 0 atom stereocenters. The molecule has 0 spiro atoms. The lowest BCUT2D eigenvalue weighted by Crippen LogP contribution is -2.10. The summed E-state index contributed by atoms with van der Waals surface area (Å²) < 4.78 is 0. The molecule has 1 aromatic heterocycles. The van der Waals surface area contributed by atoms with E-state index in [1.165, 1.54) is 11.1 Å². The number of rotatable bonds is 3. The second-order valence-corrected chi connectivity index (χ2v) is 5.53. The van der Waals surface area contributed by atoms with Crippen LogP contribution in [0.2, 0.25) is 0 Å². The maximum absolute atomic E-state index is 5.48. The molecule has 2 aromatic rings. The van der Waals surface area contributed by atoms with Crippen LogP contribution in [0.5, 0.6) is 0 Å². The Morgan fingerprint density at radius 3 is 2.33 bits per heavy atom. The summed E-state index contributed by atoms with van der Waals surface area (Å²) in [6.45, 7) is 7.02. The molecule has 1 heterocycles. The molecule has 2 rings (SSSR count). The predicted molar refractivity (Wildman–Crippen MR) is 72.2 cm³/mol. The molecule has 0 aliphatic heterocycles. The number of hydrogen-bond donors (Lipinski definition) is 2. The van der Waals surface area contributed by atoms with Crippen LogP contribution < -0.4 is 5.73 Å². The lowest BCUT2D eigenvalue weighted by Gasteiger charge is -2.19. The van der Waals surface area contributed by atoms with Crippen molar-refractivity contribution in [2.45, 2.75) is 39.2 Å². The Morgan fingerprint density at radius 2 is 1.83 bits per heavy atom. The molecule has 1 aromatic carbocycles. The summed E-state index contributed by atoms with van der Waals surface area (Å²) in [5, 5.41) is 6.94. The standard InChI is InChI=1S/C14H20N4/c1-14(2,3)11-6-4-10(5-7-11)8-12-16-13(9-15)18-17-12/h4-7H,8-9,15H2,1-3H3,(H,16,17,18). The normalized spacial score (nSPS) is 11.8. The molecule has 0 amide bonds. The summed E-state index contributed by atoms with van der Waals surface area (Å²) in [6.07, 6.45) is 0.761. The third kappa shape index (κ3) is 2.96. The van der Waals surface area contributed by atoms with Crippen molar-refractivity contribution in [3.05, 3.63) is 47.0 Å². The molecule has 0 radical (unpaired) electrons. The number of nitrogens with one attached hydrogen (secondary N) is 1. The van der Waals surface area contributed by atoms with Crippen molar-refractivity contribution < 1.29 is 0 Å². The zero-order chi connectivity index (χ0) is 13.2. The summed E-state index contributed by atoms with van der Waals surface area (Å²) in [6, 6.07) is 8.64. The van der Waals surface area contributed by atoms with E-state index in [2.05, 4.69) is 60.2 Å². The molecule has 18 heavy (non-hydrogen) atoms. The molecule has 4 nitrogen and oxygen atoms in total. The Kier molecular flexibility index (Phi) is 3.48. The van der Waals surface area contributed by atoms with E-state index in [-0.39, 0.29) is 5.41 Å². The van der Waals surface area contributed by atoms with Gasteiger partial charge in [0.25, 0.3) is 0 Å². The topological polar surface area (TPSA) is 67.6 Å². The average Bonchev–Trinajstić information content (AvgIpc) is 2.76. The Bertz CT molecular complexity index is 505. The highest BCUT2D eigenvalue weighted by Crippen LogP contribution is 2.22. The SMILES string of the molecule is CC(C)(C)c1ccc(Cc2nc(CN)n[nH]2)cc1. The molecule has 3 N–H and O–H groups in total. The van der Waals surface area contributed by atoms with Gasteiger partial charge in [-0.3, -0.25) is 5.10 Å². The average molecular weight is 244 g/mol. The van der Waals surface area contributed by atoms with E-state index in [1.54, 1.807) is 0 Å². The van der Waals surface area contributed by atoms with Gasteiger partial charge in [0.15, 0.2) is 5.82 Å². The first-order chi connectivity index (χ1) is 8.49. The third-order valence-corrected chi connectivity index (χ3v) is 2.95. The number of aromatic nitrogens is 3. The quantitative estimate of drug-likeness (QED) is 0.869. The minimum Gasteiger partial charge on any atom is -0.324 e. The van der Waals surface area contributed by atoms with Crippen LogP contribution >= 0.6 is 0 Å². The van der Waals surface area contributed by atoms with Gasteiger partial charge in [-0.2, -0.15) is 5.10 Å².